The molecule has 1 heterocycles. The first-order valence-electron chi connectivity index (χ1n) is 12.9. The summed E-state index contributed by atoms with van der Waals surface area (Å²) in [6, 6.07) is 20.3. The van der Waals surface area contributed by atoms with Gasteiger partial charge in [0.15, 0.2) is 0 Å². The largest absolute Gasteiger partial charge is 0.288 e. The first-order chi connectivity index (χ1) is 18.2. The Hall–Kier alpha value is -2.63. The molecule has 3 aromatic carbocycles. The first-order valence-corrected chi connectivity index (χ1v) is 15.7. The van der Waals surface area contributed by atoms with Crippen LogP contribution in [0.15, 0.2) is 94.7 Å². The molecular formula is C29H35FN2O5S2. The van der Waals surface area contributed by atoms with Crippen LogP contribution in [0.25, 0.3) is 0 Å². The van der Waals surface area contributed by atoms with Gasteiger partial charge in [-0.15, -0.1) is 0 Å². The Kier molecular flexibility index (Phi) is 8.35. The second-order valence-electron chi connectivity index (χ2n) is 11.0. The van der Waals surface area contributed by atoms with E-state index in [0.717, 1.165) is 19.3 Å². The van der Waals surface area contributed by atoms with Crippen molar-refractivity contribution in [1.29, 1.82) is 0 Å². The van der Waals surface area contributed by atoms with E-state index in [1.807, 2.05) is 32.8 Å². The number of nitrogens with zero attached hydrogens (tertiary/aromatic N) is 2. The van der Waals surface area contributed by atoms with Crippen molar-refractivity contribution in [3.8, 4) is 0 Å². The molecular weight excluding hydrogens is 539 g/mol. The maximum absolute atomic E-state index is 13.9. The lowest BCUT2D eigenvalue weighted by atomic mass is 9.82. The molecule has 1 aliphatic rings. The maximum atomic E-state index is 13.9. The van der Waals surface area contributed by atoms with Crippen molar-refractivity contribution in [2.24, 2.45) is 0 Å². The van der Waals surface area contributed by atoms with Gasteiger partial charge in [-0.05, 0) is 88.9 Å². The Morgan fingerprint density at radius 2 is 1.21 bits per heavy atom. The Morgan fingerprint density at radius 1 is 0.769 bits per heavy atom. The van der Waals surface area contributed by atoms with Crippen molar-refractivity contribution in [3.63, 3.8) is 0 Å². The zero-order valence-electron chi connectivity index (χ0n) is 22.6. The van der Waals surface area contributed by atoms with Gasteiger partial charge in [-0.1, -0.05) is 52.2 Å². The molecule has 4 rings (SSSR count). The standard InChI is InChI=1S/C29H35FN2O5S2/c1-28(2)20-11-21-29(3,4)32(28)37-27(23-16-18-24(30)19-17-23)22-31(38(33,34)25-12-7-5-8-13-25)39(35,36)26-14-9-6-10-15-26/h5-10,12-19,27H,11,20-22H2,1-4H3. The first kappa shape index (κ1) is 29.4. The molecule has 0 bridgehead atoms. The smallest absolute Gasteiger partial charge is 0.256 e. The van der Waals surface area contributed by atoms with Crippen molar-refractivity contribution in [1.82, 2.24) is 8.77 Å². The van der Waals surface area contributed by atoms with Gasteiger partial charge in [0, 0.05) is 11.1 Å². The second-order valence-corrected chi connectivity index (χ2v) is 15.0. The number of halogens is 1. The molecule has 10 heteroatoms. The third kappa shape index (κ3) is 6.25. The van der Waals surface area contributed by atoms with Gasteiger partial charge in [-0.25, -0.2) is 21.2 Å². The van der Waals surface area contributed by atoms with Crippen LogP contribution in [0.2, 0.25) is 0 Å². The SMILES string of the molecule is CC1(C)CCCC(C)(C)N1OC(CN(S(=O)(=O)c1ccccc1)S(=O)(=O)c1ccccc1)c1ccc(F)cc1. The van der Waals surface area contributed by atoms with E-state index in [1.165, 1.54) is 72.8 Å². The van der Waals surface area contributed by atoms with E-state index in [4.69, 9.17) is 4.84 Å². The molecule has 210 valence electrons. The van der Waals surface area contributed by atoms with Crippen LogP contribution in [-0.2, 0) is 24.9 Å². The number of benzene rings is 3. The molecule has 0 aliphatic carbocycles. The molecule has 39 heavy (non-hydrogen) atoms. The van der Waals surface area contributed by atoms with Crippen molar-refractivity contribution in [2.75, 3.05) is 6.54 Å². The van der Waals surface area contributed by atoms with Gasteiger partial charge >= 0.3 is 0 Å². The van der Waals surface area contributed by atoms with Gasteiger partial charge in [-0.3, -0.25) is 4.84 Å². The van der Waals surface area contributed by atoms with Crippen LogP contribution in [0.3, 0.4) is 0 Å². The van der Waals surface area contributed by atoms with Gasteiger partial charge in [0.2, 0.25) is 0 Å². The normalized spacial score (nSPS) is 18.6. The minimum Gasteiger partial charge on any atom is -0.288 e. The van der Waals surface area contributed by atoms with Gasteiger partial charge in [0.1, 0.15) is 11.9 Å². The van der Waals surface area contributed by atoms with E-state index >= 15 is 0 Å². The third-order valence-corrected chi connectivity index (χ3v) is 11.4. The number of sulfonamides is 2. The van der Waals surface area contributed by atoms with Crippen molar-refractivity contribution < 1.29 is 26.1 Å². The Labute approximate surface area is 231 Å². The van der Waals surface area contributed by atoms with Crippen LogP contribution in [0.4, 0.5) is 4.39 Å². The van der Waals surface area contributed by atoms with E-state index in [-0.39, 0.29) is 9.79 Å². The molecule has 1 aliphatic heterocycles. The highest BCUT2D eigenvalue weighted by Crippen LogP contribution is 2.41. The Bertz CT molecular complexity index is 1390. The summed E-state index contributed by atoms with van der Waals surface area (Å²) in [5.74, 6) is -0.471. The van der Waals surface area contributed by atoms with E-state index in [1.54, 1.807) is 12.1 Å². The average molecular weight is 575 g/mol. The zero-order valence-corrected chi connectivity index (χ0v) is 24.3. The fourth-order valence-corrected chi connectivity index (χ4v) is 8.83. The monoisotopic (exact) mass is 574 g/mol. The minimum absolute atomic E-state index is 0.166. The number of hydroxylamine groups is 2. The minimum atomic E-state index is -4.54. The zero-order chi connectivity index (χ0) is 28.5. The van der Waals surface area contributed by atoms with Gasteiger partial charge < -0.3 is 0 Å². The number of piperidine rings is 1. The highest BCUT2D eigenvalue weighted by atomic mass is 32.3. The average Bonchev–Trinajstić information content (AvgIpc) is 2.89. The molecule has 0 saturated carbocycles. The summed E-state index contributed by atoms with van der Waals surface area (Å²) in [6.07, 6.45) is 1.60. The van der Waals surface area contributed by atoms with Crippen LogP contribution < -0.4 is 0 Å². The molecule has 1 unspecified atom stereocenters. The number of hydrogen-bond donors (Lipinski definition) is 0. The van der Waals surface area contributed by atoms with Crippen LogP contribution in [0.5, 0.6) is 0 Å². The van der Waals surface area contributed by atoms with Crippen molar-refractivity contribution in [2.45, 2.75) is 73.9 Å². The predicted molar refractivity (Wildman–Crippen MR) is 148 cm³/mol. The topological polar surface area (TPSA) is 84.0 Å². The molecule has 3 aromatic rings. The van der Waals surface area contributed by atoms with Gasteiger partial charge in [0.25, 0.3) is 20.0 Å². The summed E-state index contributed by atoms with van der Waals surface area (Å²) < 4.78 is 70.1. The van der Waals surface area contributed by atoms with Gasteiger partial charge in [-0.2, -0.15) is 5.06 Å². The number of hydrogen-bond acceptors (Lipinski definition) is 6. The lowest BCUT2D eigenvalue weighted by molar-refractivity contribution is -0.306. The van der Waals surface area contributed by atoms with Gasteiger partial charge in [0.05, 0.1) is 16.3 Å². The molecule has 0 amide bonds. The molecule has 0 spiro atoms. The Balaban J connectivity index is 1.85. The lowest BCUT2D eigenvalue weighted by Gasteiger charge is -2.52. The van der Waals surface area contributed by atoms with E-state index in [0.29, 0.717) is 9.27 Å². The third-order valence-electron chi connectivity index (χ3n) is 7.08. The molecule has 0 N–H and O–H groups in total. The number of rotatable bonds is 9. The second kappa shape index (κ2) is 11.1. The highest BCUT2D eigenvalue weighted by molar-refractivity contribution is 8.04. The van der Waals surface area contributed by atoms with E-state index in [9.17, 15) is 21.2 Å². The summed E-state index contributed by atoms with van der Waals surface area (Å²) in [6.45, 7) is 7.59. The summed E-state index contributed by atoms with van der Waals surface area (Å²) in [7, 11) is -9.09. The molecule has 1 atom stereocenters. The molecule has 0 aromatic heterocycles. The molecule has 0 radical (unpaired) electrons. The highest BCUT2D eigenvalue weighted by Gasteiger charge is 2.46. The fraction of sp³-hybridized carbons (Fsp3) is 0.379. The van der Waals surface area contributed by atoms with Crippen LogP contribution in [0, 0.1) is 5.82 Å². The van der Waals surface area contributed by atoms with Crippen molar-refractivity contribution >= 4 is 20.0 Å². The van der Waals surface area contributed by atoms with E-state index in [2.05, 4.69) is 0 Å². The van der Waals surface area contributed by atoms with Crippen LogP contribution in [0.1, 0.15) is 58.6 Å². The van der Waals surface area contributed by atoms with Crippen LogP contribution in [-0.4, -0.2) is 43.2 Å². The molecule has 1 fully saturated rings. The molecule has 7 nitrogen and oxygen atoms in total. The van der Waals surface area contributed by atoms with E-state index < -0.39 is 49.6 Å². The summed E-state index contributed by atoms with van der Waals surface area (Å²) in [5.41, 5.74) is -0.381. The van der Waals surface area contributed by atoms with Crippen molar-refractivity contribution in [3.05, 3.63) is 96.3 Å². The quantitative estimate of drug-likeness (QED) is 0.315. The summed E-state index contributed by atoms with van der Waals surface area (Å²) in [5, 5.41) is 1.85. The summed E-state index contributed by atoms with van der Waals surface area (Å²) in [4.78, 5) is 6.25. The molecule has 1 saturated heterocycles. The summed E-state index contributed by atoms with van der Waals surface area (Å²) >= 11 is 0. The Morgan fingerprint density at radius 3 is 1.64 bits per heavy atom. The lowest BCUT2D eigenvalue weighted by Crippen LogP contribution is -2.59. The predicted octanol–water partition coefficient (Wildman–Crippen LogP) is 5.92. The fourth-order valence-electron chi connectivity index (χ4n) is 5.15. The van der Waals surface area contributed by atoms with Crippen LogP contribution >= 0.6 is 0 Å². The maximum Gasteiger partial charge on any atom is 0.256 e.